The van der Waals surface area contributed by atoms with Crippen molar-refractivity contribution in [3.05, 3.63) is 29.8 Å². The molecular formula is C18H30F3IN4O. The van der Waals surface area contributed by atoms with Gasteiger partial charge < -0.3 is 15.4 Å². The summed E-state index contributed by atoms with van der Waals surface area (Å²) in [6.07, 6.45) is -4.33. The monoisotopic (exact) mass is 502 g/mol. The Labute approximate surface area is 176 Å². The van der Waals surface area contributed by atoms with Crippen molar-refractivity contribution in [3.8, 4) is 5.75 Å². The van der Waals surface area contributed by atoms with Crippen molar-refractivity contribution in [1.82, 2.24) is 15.5 Å². The number of aliphatic imine (C=N–C) groups is 1. The zero-order chi connectivity index (χ0) is 19.6. The van der Waals surface area contributed by atoms with Gasteiger partial charge in [-0.15, -0.1) is 24.0 Å². The lowest BCUT2D eigenvalue weighted by Crippen LogP contribution is -2.42. The number of alkyl halides is 3. The van der Waals surface area contributed by atoms with E-state index < -0.39 is 12.8 Å². The maximum absolute atomic E-state index is 12.1. The number of ether oxygens (including phenoxy) is 1. The number of nitrogens with zero attached hydrogens (tertiary/aromatic N) is 2. The Kier molecular flexibility index (Phi) is 12.4. The number of benzene rings is 1. The van der Waals surface area contributed by atoms with E-state index in [0.29, 0.717) is 18.5 Å². The molecule has 156 valence electrons. The minimum Gasteiger partial charge on any atom is -0.484 e. The van der Waals surface area contributed by atoms with Crippen LogP contribution in [-0.2, 0) is 6.54 Å². The van der Waals surface area contributed by atoms with Crippen molar-refractivity contribution in [2.45, 2.75) is 39.5 Å². The van der Waals surface area contributed by atoms with Gasteiger partial charge in [0.05, 0.1) is 0 Å². The lowest BCUT2D eigenvalue weighted by atomic mass is 10.2. The van der Waals surface area contributed by atoms with Gasteiger partial charge in [-0.1, -0.05) is 19.1 Å². The van der Waals surface area contributed by atoms with Crippen LogP contribution < -0.4 is 15.4 Å². The third kappa shape index (κ3) is 11.3. The summed E-state index contributed by atoms with van der Waals surface area (Å²) >= 11 is 0. The van der Waals surface area contributed by atoms with Crippen LogP contribution in [0.4, 0.5) is 13.2 Å². The number of likely N-dealkylation sites (N-methyl/N-ethyl adjacent to an activating group) is 1. The normalized spacial score (nSPS) is 12.1. The maximum atomic E-state index is 12.1. The molecular weight excluding hydrogens is 472 g/mol. The van der Waals surface area contributed by atoms with Crippen molar-refractivity contribution in [3.63, 3.8) is 0 Å². The number of rotatable bonds is 9. The van der Waals surface area contributed by atoms with E-state index >= 15 is 0 Å². The molecule has 2 N–H and O–H groups in total. The Hall–Kier alpha value is -1.23. The molecule has 5 nitrogen and oxygen atoms in total. The smallest absolute Gasteiger partial charge is 0.422 e. The lowest BCUT2D eigenvalue weighted by Gasteiger charge is -2.25. The highest BCUT2D eigenvalue weighted by molar-refractivity contribution is 14.0. The van der Waals surface area contributed by atoms with Crippen LogP contribution in [-0.4, -0.2) is 56.4 Å². The maximum Gasteiger partial charge on any atom is 0.422 e. The van der Waals surface area contributed by atoms with Gasteiger partial charge in [-0.25, -0.2) is 0 Å². The summed E-state index contributed by atoms with van der Waals surface area (Å²) in [6.45, 7) is 8.38. The van der Waals surface area contributed by atoms with Gasteiger partial charge in [0, 0.05) is 32.7 Å². The van der Waals surface area contributed by atoms with E-state index in [9.17, 15) is 13.2 Å². The molecule has 0 saturated heterocycles. The highest BCUT2D eigenvalue weighted by Crippen LogP contribution is 2.18. The first-order valence-corrected chi connectivity index (χ1v) is 8.72. The van der Waals surface area contributed by atoms with E-state index in [1.54, 1.807) is 19.2 Å². The molecule has 0 heterocycles. The van der Waals surface area contributed by atoms with Crippen molar-refractivity contribution in [2.24, 2.45) is 4.99 Å². The zero-order valence-electron chi connectivity index (χ0n) is 16.3. The van der Waals surface area contributed by atoms with Crippen LogP contribution in [0.2, 0.25) is 0 Å². The molecule has 0 aromatic heterocycles. The van der Waals surface area contributed by atoms with E-state index in [4.69, 9.17) is 4.74 Å². The van der Waals surface area contributed by atoms with Crippen LogP contribution in [0.5, 0.6) is 5.75 Å². The molecule has 0 aliphatic heterocycles. The fraction of sp³-hybridized carbons (Fsp3) is 0.611. The second kappa shape index (κ2) is 13.0. The molecule has 0 spiro atoms. The SMILES string of the molecule is CCN(CCNC(=NC)NCc1ccc(OCC(F)(F)F)cc1)C(C)C.I. The van der Waals surface area contributed by atoms with E-state index in [0.717, 1.165) is 25.2 Å². The number of nitrogens with one attached hydrogen (secondary N) is 2. The van der Waals surface area contributed by atoms with Crippen LogP contribution in [0.25, 0.3) is 0 Å². The van der Waals surface area contributed by atoms with E-state index in [1.807, 2.05) is 0 Å². The van der Waals surface area contributed by atoms with E-state index in [2.05, 4.69) is 41.3 Å². The Morgan fingerprint density at radius 2 is 1.81 bits per heavy atom. The standard InChI is InChI=1S/C18H29F3N4O.HI/c1-5-25(14(2)3)11-10-23-17(22-4)24-12-15-6-8-16(9-7-15)26-13-18(19,20)21;/h6-9,14H,5,10-13H2,1-4H3,(H2,22,23,24);1H. The van der Waals surface area contributed by atoms with Gasteiger partial charge in [-0.05, 0) is 38.1 Å². The average molecular weight is 502 g/mol. The van der Waals surface area contributed by atoms with E-state index in [1.165, 1.54) is 12.1 Å². The molecule has 0 unspecified atom stereocenters. The molecule has 0 aliphatic rings. The summed E-state index contributed by atoms with van der Waals surface area (Å²) in [4.78, 5) is 6.52. The van der Waals surface area contributed by atoms with Gasteiger partial charge in [0.15, 0.2) is 12.6 Å². The summed E-state index contributed by atoms with van der Waals surface area (Å²) in [5.74, 6) is 0.879. The third-order valence-electron chi connectivity index (χ3n) is 3.84. The Bertz CT molecular complexity index is 551. The highest BCUT2D eigenvalue weighted by Gasteiger charge is 2.28. The molecule has 9 heteroatoms. The first-order valence-electron chi connectivity index (χ1n) is 8.72. The minimum absolute atomic E-state index is 0. The van der Waals surface area contributed by atoms with Crippen LogP contribution in [0.15, 0.2) is 29.3 Å². The number of hydrogen-bond donors (Lipinski definition) is 2. The first kappa shape index (κ1) is 25.8. The van der Waals surface area contributed by atoms with E-state index in [-0.39, 0.29) is 29.7 Å². The molecule has 1 rings (SSSR count). The molecule has 27 heavy (non-hydrogen) atoms. The molecule has 0 atom stereocenters. The van der Waals surface area contributed by atoms with Crippen molar-refractivity contribution < 1.29 is 17.9 Å². The topological polar surface area (TPSA) is 48.9 Å². The largest absolute Gasteiger partial charge is 0.484 e. The van der Waals surface area contributed by atoms with Gasteiger partial charge in [0.1, 0.15) is 5.75 Å². The average Bonchev–Trinajstić information content (AvgIpc) is 2.59. The number of guanidine groups is 1. The minimum atomic E-state index is -4.33. The molecule has 1 aromatic rings. The Balaban J connectivity index is 0.00000676. The second-order valence-electron chi connectivity index (χ2n) is 6.12. The van der Waals surface area contributed by atoms with Crippen molar-refractivity contribution >= 4 is 29.9 Å². The predicted octanol–water partition coefficient (Wildman–Crippen LogP) is 3.64. The Morgan fingerprint density at radius 1 is 1.19 bits per heavy atom. The Morgan fingerprint density at radius 3 is 2.30 bits per heavy atom. The van der Waals surface area contributed by atoms with Gasteiger partial charge >= 0.3 is 6.18 Å². The fourth-order valence-corrected chi connectivity index (χ4v) is 2.37. The predicted molar refractivity (Wildman–Crippen MR) is 114 cm³/mol. The summed E-state index contributed by atoms with van der Waals surface area (Å²) in [6, 6.07) is 7.00. The van der Waals surface area contributed by atoms with Crippen molar-refractivity contribution in [2.75, 3.05) is 33.3 Å². The second-order valence-corrected chi connectivity index (χ2v) is 6.12. The molecule has 0 fully saturated rings. The van der Waals surface area contributed by atoms with Gasteiger partial charge in [0.2, 0.25) is 0 Å². The molecule has 0 aliphatic carbocycles. The van der Waals surface area contributed by atoms with Gasteiger partial charge in [-0.2, -0.15) is 13.2 Å². The highest BCUT2D eigenvalue weighted by atomic mass is 127. The molecule has 0 amide bonds. The summed E-state index contributed by atoms with van der Waals surface area (Å²) < 4.78 is 41.1. The lowest BCUT2D eigenvalue weighted by molar-refractivity contribution is -0.153. The first-order chi connectivity index (χ1) is 12.2. The summed E-state index contributed by atoms with van der Waals surface area (Å²) in [7, 11) is 1.70. The molecule has 1 aromatic carbocycles. The summed E-state index contributed by atoms with van der Waals surface area (Å²) in [5.41, 5.74) is 0.921. The van der Waals surface area contributed by atoms with Crippen LogP contribution >= 0.6 is 24.0 Å². The number of hydrogen-bond acceptors (Lipinski definition) is 3. The number of halogens is 4. The quantitative estimate of drug-likeness (QED) is 0.308. The van der Waals surface area contributed by atoms with Crippen LogP contribution in [0.1, 0.15) is 26.3 Å². The zero-order valence-corrected chi connectivity index (χ0v) is 18.6. The fourth-order valence-electron chi connectivity index (χ4n) is 2.37. The van der Waals surface area contributed by atoms with Gasteiger partial charge in [-0.3, -0.25) is 9.89 Å². The van der Waals surface area contributed by atoms with Crippen LogP contribution in [0.3, 0.4) is 0 Å². The summed E-state index contributed by atoms with van der Waals surface area (Å²) in [5, 5.41) is 6.44. The third-order valence-corrected chi connectivity index (χ3v) is 3.84. The van der Waals surface area contributed by atoms with Gasteiger partial charge in [0.25, 0.3) is 0 Å². The van der Waals surface area contributed by atoms with Crippen molar-refractivity contribution in [1.29, 1.82) is 0 Å². The molecule has 0 radical (unpaired) electrons. The molecule has 0 bridgehead atoms. The molecule has 0 saturated carbocycles. The van der Waals surface area contributed by atoms with Crippen LogP contribution in [0, 0.1) is 0 Å².